The highest BCUT2D eigenvalue weighted by Crippen LogP contribution is 2.20. The van der Waals surface area contributed by atoms with Crippen LogP contribution in [0.25, 0.3) is 0 Å². The minimum absolute atomic E-state index is 0.186. The molecular weight excluding hydrogens is 218 g/mol. The van der Waals surface area contributed by atoms with Crippen LogP contribution in [-0.2, 0) is 9.59 Å². The molecule has 0 rings (SSSR count). The van der Waals surface area contributed by atoms with Crippen molar-refractivity contribution in [2.24, 2.45) is 11.8 Å². The summed E-state index contributed by atoms with van der Waals surface area (Å²) in [5, 5.41) is 11.3. The summed E-state index contributed by atoms with van der Waals surface area (Å²) in [6, 6.07) is 0. The van der Waals surface area contributed by atoms with Crippen molar-refractivity contribution in [1.82, 2.24) is 5.32 Å². The second-order valence-electron chi connectivity index (χ2n) is 4.36. The molecule has 0 heterocycles. The Morgan fingerprint density at radius 3 is 2.41 bits per heavy atom. The van der Waals surface area contributed by atoms with Crippen LogP contribution >= 0.6 is 0 Å². The first-order valence-corrected chi connectivity index (χ1v) is 5.89. The summed E-state index contributed by atoms with van der Waals surface area (Å²) in [5.74, 6) is 4.64. The van der Waals surface area contributed by atoms with E-state index >= 15 is 0 Å². The molecule has 4 nitrogen and oxygen atoms in total. The zero-order valence-electron chi connectivity index (χ0n) is 10.7. The van der Waals surface area contributed by atoms with Crippen LogP contribution in [0, 0.1) is 23.7 Å². The molecule has 0 aromatic heterocycles. The van der Waals surface area contributed by atoms with E-state index < -0.39 is 5.97 Å². The monoisotopic (exact) mass is 239 g/mol. The van der Waals surface area contributed by atoms with Gasteiger partial charge in [0.05, 0.1) is 0 Å². The molecule has 0 aliphatic heterocycles. The molecule has 0 spiro atoms. The maximum absolute atomic E-state index is 11.1. The number of hydrogen-bond donors (Lipinski definition) is 2. The lowest BCUT2D eigenvalue weighted by atomic mass is 9.88. The van der Waals surface area contributed by atoms with Gasteiger partial charge in [0.25, 0.3) is 5.91 Å². The molecule has 1 atom stereocenters. The van der Waals surface area contributed by atoms with Gasteiger partial charge in [-0.1, -0.05) is 19.8 Å². The molecule has 4 heteroatoms. The number of nitrogens with one attached hydrogen (secondary N) is 1. The van der Waals surface area contributed by atoms with Crippen molar-refractivity contribution in [3.8, 4) is 11.8 Å². The summed E-state index contributed by atoms with van der Waals surface area (Å²) < 4.78 is 0. The van der Waals surface area contributed by atoms with E-state index in [1.165, 1.54) is 0 Å². The first-order valence-electron chi connectivity index (χ1n) is 5.89. The largest absolute Gasteiger partial charge is 0.481 e. The predicted molar refractivity (Wildman–Crippen MR) is 66.3 cm³/mol. The summed E-state index contributed by atoms with van der Waals surface area (Å²) in [4.78, 5) is 21.6. The zero-order chi connectivity index (χ0) is 13.3. The Morgan fingerprint density at radius 2 is 1.94 bits per heavy atom. The second kappa shape index (κ2) is 8.63. The SMILES string of the molecule is CC#CC(=O)NCCC(CCC(=O)O)C(C)C. The van der Waals surface area contributed by atoms with E-state index in [-0.39, 0.29) is 12.3 Å². The van der Waals surface area contributed by atoms with E-state index in [0.29, 0.717) is 24.8 Å². The fraction of sp³-hybridized carbons (Fsp3) is 0.692. The third-order valence-corrected chi connectivity index (χ3v) is 2.71. The van der Waals surface area contributed by atoms with E-state index in [1.807, 2.05) is 0 Å². The molecule has 0 aromatic carbocycles. The number of hydrogen-bond acceptors (Lipinski definition) is 2. The van der Waals surface area contributed by atoms with Gasteiger partial charge in [0.1, 0.15) is 0 Å². The van der Waals surface area contributed by atoms with Crippen molar-refractivity contribution in [2.45, 2.75) is 40.0 Å². The Bertz CT molecular complexity index is 312. The first-order chi connectivity index (χ1) is 7.97. The van der Waals surface area contributed by atoms with E-state index in [4.69, 9.17) is 5.11 Å². The molecule has 0 fully saturated rings. The fourth-order valence-corrected chi connectivity index (χ4v) is 1.65. The van der Waals surface area contributed by atoms with Crippen LogP contribution < -0.4 is 5.32 Å². The number of carboxylic acid groups (broad SMARTS) is 1. The van der Waals surface area contributed by atoms with Crippen molar-refractivity contribution >= 4 is 11.9 Å². The first kappa shape index (κ1) is 15.5. The fourth-order valence-electron chi connectivity index (χ4n) is 1.65. The van der Waals surface area contributed by atoms with Crippen molar-refractivity contribution in [1.29, 1.82) is 0 Å². The van der Waals surface area contributed by atoms with Gasteiger partial charge in [-0.25, -0.2) is 0 Å². The zero-order valence-corrected chi connectivity index (χ0v) is 10.7. The third-order valence-electron chi connectivity index (χ3n) is 2.71. The normalized spacial score (nSPS) is 11.5. The minimum atomic E-state index is -0.767. The molecule has 0 aliphatic carbocycles. The predicted octanol–water partition coefficient (Wildman–Crippen LogP) is 1.65. The number of carbonyl (C=O) groups excluding carboxylic acids is 1. The highest BCUT2D eigenvalue weighted by molar-refractivity contribution is 5.93. The molecule has 0 bridgehead atoms. The van der Waals surface area contributed by atoms with Gasteiger partial charge in [-0.3, -0.25) is 9.59 Å². The van der Waals surface area contributed by atoms with Crippen molar-refractivity contribution in [2.75, 3.05) is 6.54 Å². The molecule has 0 radical (unpaired) electrons. The molecule has 1 amide bonds. The van der Waals surface area contributed by atoms with Crippen LogP contribution in [-0.4, -0.2) is 23.5 Å². The van der Waals surface area contributed by atoms with Crippen LogP contribution in [0.1, 0.15) is 40.0 Å². The van der Waals surface area contributed by atoms with E-state index in [0.717, 1.165) is 6.42 Å². The lowest BCUT2D eigenvalue weighted by Crippen LogP contribution is -2.25. The summed E-state index contributed by atoms with van der Waals surface area (Å²) in [6.45, 7) is 6.31. The average Bonchev–Trinajstić information content (AvgIpc) is 2.22. The van der Waals surface area contributed by atoms with Gasteiger partial charge >= 0.3 is 5.97 Å². The Hall–Kier alpha value is -1.50. The number of rotatable bonds is 7. The quantitative estimate of drug-likeness (QED) is 0.664. The summed E-state index contributed by atoms with van der Waals surface area (Å²) in [6.07, 6.45) is 1.63. The molecule has 17 heavy (non-hydrogen) atoms. The number of amides is 1. The molecule has 2 N–H and O–H groups in total. The smallest absolute Gasteiger partial charge is 0.303 e. The van der Waals surface area contributed by atoms with Crippen molar-refractivity contribution in [3.05, 3.63) is 0 Å². The van der Waals surface area contributed by atoms with Gasteiger partial charge in [0.2, 0.25) is 0 Å². The van der Waals surface area contributed by atoms with Crippen LogP contribution in [0.15, 0.2) is 0 Å². The summed E-state index contributed by atoms with van der Waals surface area (Å²) >= 11 is 0. The highest BCUT2D eigenvalue weighted by atomic mass is 16.4. The molecule has 0 saturated heterocycles. The Labute approximate surface area is 103 Å². The van der Waals surface area contributed by atoms with E-state index in [9.17, 15) is 9.59 Å². The van der Waals surface area contributed by atoms with Gasteiger partial charge in [0, 0.05) is 13.0 Å². The second-order valence-corrected chi connectivity index (χ2v) is 4.36. The summed E-state index contributed by atoms with van der Waals surface area (Å²) in [7, 11) is 0. The third kappa shape index (κ3) is 8.32. The molecule has 0 aliphatic rings. The molecule has 96 valence electrons. The number of carboxylic acids is 1. The molecular formula is C13H21NO3. The Morgan fingerprint density at radius 1 is 1.29 bits per heavy atom. The van der Waals surface area contributed by atoms with Gasteiger partial charge < -0.3 is 10.4 Å². The lowest BCUT2D eigenvalue weighted by molar-refractivity contribution is -0.137. The maximum Gasteiger partial charge on any atom is 0.303 e. The standard InChI is InChI=1S/C13H21NO3/c1-4-5-12(15)14-9-8-11(10(2)3)6-7-13(16)17/h10-11H,6-9H2,1-3H3,(H,14,15)(H,16,17). The van der Waals surface area contributed by atoms with Gasteiger partial charge in [-0.15, -0.1) is 0 Å². The van der Waals surface area contributed by atoms with Crippen molar-refractivity contribution in [3.63, 3.8) is 0 Å². The Balaban J connectivity index is 3.95. The average molecular weight is 239 g/mol. The molecule has 0 saturated carbocycles. The number of aliphatic carboxylic acids is 1. The van der Waals surface area contributed by atoms with E-state index in [2.05, 4.69) is 31.0 Å². The minimum Gasteiger partial charge on any atom is -0.481 e. The van der Waals surface area contributed by atoms with Crippen LogP contribution in [0.3, 0.4) is 0 Å². The van der Waals surface area contributed by atoms with E-state index in [1.54, 1.807) is 6.92 Å². The van der Waals surface area contributed by atoms with Gasteiger partial charge in [0.15, 0.2) is 0 Å². The topological polar surface area (TPSA) is 66.4 Å². The maximum atomic E-state index is 11.1. The van der Waals surface area contributed by atoms with Crippen LogP contribution in [0.2, 0.25) is 0 Å². The highest BCUT2D eigenvalue weighted by Gasteiger charge is 2.14. The van der Waals surface area contributed by atoms with Gasteiger partial charge in [-0.2, -0.15) is 0 Å². The lowest BCUT2D eigenvalue weighted by Gasteiger charge is -2.19. The van der Waals surface area contributed by atoms with Crippen LogP contribution in [0.5, 0.6) is 0 Å². The van der Waals surface area contributed by atoms with Crippen LogP contribution in [0.4, 0.5) is 0 Å². The number of carbonyl (C=O) groups is 2. The van der Waals surface area contributed by atoms with Crippen molar-refractivity contribution < 1.29 is 14.7 Å². The molecule has 1 unspecified atom stereocenters. The summed E-state index contributed by atoms with van der Waals surface area (Å²) in [5.41, 5.74) is 0. The van der Waals surface area contributed by atoms with Gasteiger partial charge in [-0.05, 0) is 37.5 Å². The Kier molecular flexibility index (Phi) is 7.87. The molecule has 0 aromatic rings.